The molecule has 0 aromatic carbocycles. The Morgan fingerprint density at radius 2 is 2.17 bits per heavy atom. The number of nitrogens with one attached hydrogen (secondary N) is 2. The zero-order chi connectivity index (χ0) is 13.5. The Morgan fingerprint density at radius 3 is 2.78 bits per heavy atom. The van der Waals surface area contributed by atoms with Crippen molar-refractivity contribution in [1.29, 1.82) is 0 Å². The van der Waals surface area contributed by atoms with E-state index in [0.29, 0.717) is 25.5 Å². The Hall–Kier alpha value is -2.05. The number of carbonyl (C=O) groups is 1. The minimum atomic E-state index is -0.163. The maximum absolute atomic E-state index is 11.8. The molecule has 0 atom stereocenters. The maximum Gasteiger partial charge on any atom is 0.316 e. The summed E-state index contributed by atoms with van der Waals surface area (Å²) in [7, 11) is 3.34. The van der Waals surface area contributed by atoms with E-state index >= 15 is 0 Å². The van der Waals surface area contributed by atoms with Gasteiger partial charge in [0.2, 0.25) is 0 Å². The summed E-state index contributed by atoms with van der Waals surface area (Å²) < 4.78 is 1.56. The van der Waals surface area contributed by atoms with Gasteiger partial charge >= 0.3 is 6.03 Å². The van der Waals surface area contributed by atoms with Gasteiger partial charge in [0, 0.05) is 46.1 Å². The van der Waals surface area contributed by atoms with E-state index in [2.05, 4.69) is 15.6 Å². The predicted octanol–water partition coefficient (Wildman–Crippen LogP) is -0.0537. The molecule has 0 saturated carbocycles. The molecule has 2 amide bonds. The lowest BCUT2D eigenvalue weighted by molar-refractivity contribution is 0.218. The summed E-state index contributed by atoms with van der Waals surface area (Å²) in [4.78, 5) is 28.4. The van der Waals surface area contributed by atoms with Crippen molar-refractivity contribution in [3.8, 4) is 0 Å². The number of rotatable bonds is 5. The second-order valence-corrected chi connectivity index (χ2v) is 3.92. The highest BCUT2D eigenvalue weighted by molar-refractivity contribution is 5.73. The number of anilines is 1. The van der Waals surface area contributed by atoms with Gasteiger partial charge in [0.25, 0.3) is 5.56 Å². The molecule has 2 N–H and O–H groups in total. The van der Waals surface area contributed by atoms with Crippen LogP contribution in [0, 0.1) is 0 Å². The standard InChI is InChI=1S/C11H19N5O2/c1-4-16-8-7-13-9(10(16)17)12-5-6-14-11(18)15(2)3/h7-8H,4-6H2,1-3H3,(H,12,13)(H,14,18). The number of amides is 2. The molecule has 0 saturated heterocycles. The molecular weight excluding hydrogens is 234 g/mol. The van der Waals surface area contributed by atoms with Crippen molar-refractivity contribution in [1.82, 2.24) is 19.8 Å². The van der Waals surface area contributed by atoms with Gasteiger partial charge in [-0.2, -0.15) is 0 Å². The Labute approximate surface area is 106 Å². The average Bonchev–Trinajstić information content (AvgIpc) is 2.35. The fourth-order valence-electron chi connectivity index (χ4n) is 1.33. The van der Waals surface area contributed by atoms with Crippen LogP contribution in [0.15, 0.2) is 17.2 Å². The monoisotopic (exact) mass is 253 g/mol. The highest BCUT2D eigenvalue weighted by Gasteiger charge is 2.04. The van der Waals surface area contributed by atoms with Gasteiger partial charge in [-0.1, -0.05) is 0 Å². The van der Waals surface area contributed by atoms with E-state index in [9.17, 15) is 9.59 Å². The molecule has 0 radical (unpaired) electrons. The van der Waals surface area contributed by atoms with Crippen molar-refractivity contribution in [2.75, 3.05) is 32.5 Å². The minimum absolute atomic E-state index is 0.154. The number of urea groups is 1. The van der Waals surface area contributed by atoms with Crippen molar-refractivity contribution in [2.24, 2.45) is 0 Å². The number of aromatic nitrogens is 2. The molecule has 1 aromatic rings. The number of hydrogen-bond acceptors (Lipinski definition) is 4. The van der Waals surface area contributed by atoms with E-state index in [-0.39, 0.29) is 11.6 Å². The van der Waals surface area contributed by atoms with Crippen LogP contribution in [0.5, 0.6) is 0 Å². The summed E-state index contributed by atoms with van der Waals surface area (Å²) in [5.74, 6) is 0.304. The summed E-state index contributed by atoms with van der Waals surface area (Å²) in [6.45, 7) is 3.38. The molecule has 0 aliphatic heterocycles. The second kappa shape index (κ2) is 6.63. The Morgan fingerprint density at radius 1 is 1.44 bits per heavy atom. The normalized spacial score (nSPS) is 9.94. The molecule has 18 heavy (non-hydrogen) atoms. The number of nitrogens with zero attached hydrogens (tertiary/aromatic N) is 3. The zero-order valence-corrected chi connectivity index (χ0v) is 10.9. The fraction of sp³-hybridized carbons (Fsp3) is 0.545. The highest BCUT2D eigenvalue weighted by atomic mass is 16.2. The first kappa shape index (κ1) is 14.0. The topological polar surface area (TPSA) is 79.3 Å². The Kier molecular flexibility index (Phi) is 5.16. The van der Waals surface area contributed by atoms with Crippen LogP contribution in [-0.4, -0.2) is 47.7 Å². The molecule has 1 rings (SSSR count). The number of carbonyl (C=O) groups excluding carboxylic acids is 1. The summed E-state index contributed by atoms with van der Waals surface area (Å²) in [5, 5.41) is 5.59. The van der Waals surface area contributed by atoms with Crippen LogP contribution in [0.1, 0.15) is 6.92 Å². The molecule has 0 aliphatic carbocycles. The summed E-state index contributed by atoms with van der Waals surface area (Å²) in [5.41, 5.74) is -0.154. The van der Waals surface area contributed by atoms with Crippen LogP contribution in [0.3, 0.4) is 0 Å². The van der Waals surface area contributed by atoms with Gasteiger partial charge in [-0.25, -0.2) is 9.78 Å². The Balaban J connectivity index is 2.45. The highest BCUT2D eigenvalue weighted by Crippen LogP contribution is 1.91. The molecule has 1 heterocycles. The SMILES string of the molecule is CCn1ccnc(NCCNC(=O)N(C)C)c1=O. The molecule has 7 nitrogen and oxygen atoms in total. The van der Waals surface area contributed by atoms with Gasteiger partial charge in [-0.15, -0.1) is 0 Å². The molecule has 0 aliphatic rings. The van der Waals surface area contributed by atoms with E-state index in [0.717, 1.165) is 0 Å². The largest absolute Gasteiger partial charge is 0.364 e. The molecule has 0 unspecified atom stereocenters. The quantitative estimate of drug-likeness (QED) is 0.721. The third kappa shape index (κ3) is 3.76. The maximum atomic E-state index is 11.8. The number of aryl methyl sites for hydroxylation is 1. The Bertz CT molecular complexity index is 455. The van der Waals surface area contributed by atoms with E-state index < -0.39 is 0 Å². The van der Waals surface area contributed by atoms with E-state index in [1.165, 1.54) is 4.90 Å². The van der Waals surface area contributed by atoms with Gasteiger partial charge in [0.15, 0.2) is 5.82 Å². The van der Waals surface area contributed by atoms with Crippen LogP contribution in [0.25, 0.3) is 0 Å². The molecule has 0 fully saturated rings. The van der Waals surface area contributed by atoms with Gasteiger partial charge in [0.05, 0.1) is 0 Å². The average molecular weight is 253 g/mol. The fourth-order valence-corrected chi connectivity index (χ4v) is 1.33. The number of hydrogen-bond donors (Lipinski definition) is 2. The first-order valence-electron chi connectivity index (χ1n) is 5.80. The van der Waals surface area contributed by atoms with Crippen molar-refractivity contribution < 1.29 is 4.79 Å². The first-order chi connectivity index (χ1) is 8.56. The third-order valence-electron chi connectivity index (χ3n) is 2.35. The van der Waals surface area contributed by atoms with Gasteiger partial charge in [-0.05, 0) is 6.92 Å². The van der Waals surface area contributed by atoms with E-state index in [4.69, 9.17) is 0 Å². The lowest BCUT2D eigenvalue weighted by Crippen LogP contribution is -2.37. The zero-order valence-electron chi connectivity index (χ0n) is 10.9. The van der Waals surface area contributed by atoms with Crippen molar-refractivity contribution in [3.05, 3.63) is 22.7 Å². The summed E-state index contributed by atoms with van der Waals surface area (Å²) in [6.07, 6.45) is 3.22. The van der Waals surface area contributed by atoms with Crippen LogP contribution in [0.4, 0.5) is 10.6 Å². The van der Waals surface area contributed by atoms with Crippen LogP contribution >= 0.6 is 0 Å². The lowest BCUT2D eigenvalue weighted by Gasteiger charge is -2.12. The molecule has 100 valence electrons. The molecule has 7 heteroatoms. The van der Waals surface area contributed by atoms with E-state index in [1.807, 2.05) is 6.92 Å². The predicted molar refractivity (Wildman–Crippen MR) is 69.7 cm³/mol. The molecule has 1 aromatic heterocycles. The first-order valence-corrected chi connectivity index (χ1v) is 5.80. The molecule has 0 spiro atoms. The minimum Gasteiger partial charge on any atom is -0.364 e. The van der Waals surface area contributed by atoms with Gasteiger partial charge in [-0.3, -0.25) is 4.79 Å². The summed E-state index contributed by atoms with van der Waals surface area (Å²) in [6, 6.07) is -0.163. The smallest absolute Gasteiger partial charge is 0.316 e. The van der Waals surface area contributed by atoms with Crippen molar-refractivity contribution in [2.45, 2.75) is 13.5 Å². The summed E-state index contributed by atoms with van der Waals surface area (Å²) >= 11 is 0. The van der Waals surface area contributed by atoms with Crippen molar-refractivity contribution in [3.63, 3.8) is 0 Å². The van der Waals surface area contributed by atoms with Crippen LogP contribution in [0.2, 0.25) is 0 Å². The molecular formula is C11H19N5O2. The van der Waals surface area contributed by atoms with Crippen LogP contribution in [-0.2, 0) is 6.54 Å². The van der Waals surface area contributed by atoms with Gasteiger partial charge in [0.1, 0.15) is 0 Å². The van der Waals surface area contributed by atoms with Gasteiger partial charge < -0.3 is 20.1 Å². The molecule has 0 bridgehead atoms. The third-order valence-corrected chi connectivity index (χ3v) is 2.35. The lowest BCUT2D eigenvalue weighted by atomic mass is 10.5. The second-order valence-electron chi connectivity index (χ2n) is 3.92. The van der Waals surface area contributed by atoms with E-state index in [1.54, 1.807) is 31.1 Å². The van der Waals surface area contributed by atoms with Crippen molar-refractivity contribution >= 4 is 11.8 Å². The van der Waals surface area contributed by atoms with Crippen LogP contribution < -0.4 is 16.2 Å².